The molecular weight excluding hydrogens is 516 g/mol. The van der Waals surface area contributed by atoms with Crippen LogP contribution in [0.5, 0.6) is 5.75 Å². The first kappa shape index (κ1) is 30.0. The van der Waals surface area contributed by atoms with Crippen LogP contribution in [0.1, 0.15) is 60.4 Å². The van der Waals surface area contributed by atoms with Crippen molar-refractivity contribution in [3.63, 3.8) is 0 Å². The number of benzene rings is 3. The normalized spacial score (nSPS) is 22.2. The van der Waals surface area contributed by atoms with Crippen molar-refractivity contribution >= 4 is 29.0 Å². The summed E-state index contributed by atoms with van der Waals surface area (Å²) in [6.07, 6.45) is 0.528. The average Bonchev–Trinajstić information content (AvgIpc) is 2.90. The molecule has 4 rings (SSSR count). The summed E-state index contributed by atoms with van der Waals surface area (Å²) in [5.74, 6) is -3.90. The molecule has 216 valence electrons. The van der Waals surface area contributed by atoms with Gasteiger partial charge in [0.15, 0.2) is 0 Å². The van der Waals surface area contributed by atoms with Crippen molar-refractivity contribution in [1.29, 1.82) is 0 Å². The Morgan fingerprint density at radius 1 is 0.878 bits per heavy atom. The third-order valence-electron chi connectivity index (χ3n) is 7.85. The van der Waals surface area contributed by atoms with E-state index in [2.05, 4.69) is 10.6 Å². The van der Waals surface area contributed by atoms with Crippen molar-refractivity contribution in [2.75, 3.05) is 17.2 Å². The monoisotopic (exact) mass is 556 g/mol. The largest absolute Gasteiger partial charge is 0.494 e. The minimum atomic E-state index is -1.68. The summed E-state index contributed by atoms with van der Waals surface area (Å²) in [5, 5.41) is 17.5. The van der Waals surface area contributed by atoms with E-state index in [1.54, 1.807) is 24.3 Å². The van der Waals surface area contributed by atoms with E-state index >= 15 is 0 Å². The number of aryl methyl sites for hydroxylation is 4. The summed E-state index contributed by atoms with van der Waals surface area (Å²) < 4.78 is 5.74. The number of amides is 2. The molecule has 1 aliphatic carbocycles. The molecule has 4 unspecified atom stereocenters. The fourth-order valence-corrected chi connectivity index (χ4v) is 5.83. The number of rotatable bonds is 8. The number of carbonyl (C=O) groups excluding carboxylic acids is 3. The summed E-state index contributed by atoms with van der Waals surface area (Å²) in [6, 6.07) is 18.4. The van der Waals surface area contributed by atoms with Gasteiger partial charge in [-0.2, -0.15) is 0 Å². The zero-order valence-electron chi connectivity index (χ0n) is 24.7. The third-order valence-corrected chi connectivity index (χ3v) is 7.85. The lowest BCUT2D eigenvalue weighted by Crippen LogP contribution is -2.56. The van der Waals surface area contributed by atoms with E-state index in [9.17, 15) is 19.5 Å². The van der Waals surface area contributed by atoms with E-state index in [0.717, 1.165) is 28.7 Å². The highest BCUT2D eigenvalue weighted by Gasteiger charge is 2.56. The molecule has 1 fully saturated rings. The quantitative estimate of drug-likeness (QED) is 0.294. The van der Waals surface area contributed by atoms with Crippen molar-refractivity contribution in [2.45, 2.75) is 65.9 Å². The summed E-state index contributed by atoms with van der Waals surface area (Å²) in [6.45, 7) is 11.8. The number of hydrogen-bond acceptors (Lipinski definition) is 5. The van der Waals surface area contributed by atoms with E-state index in [1.807, 2.05) is 71.0 Å². The van der Waals surface area contributed by atoms with E-state index < -0.39 is 41.0 Å². The number of ether oxygens (including phenoxy) is 1. The molecule has 0 aliphatic heterocycles. The SMILES string of the molecule is CCCOc1ccc(C2C(C(=O)Nc3ccc(C)cc3C)C(=O)CC(C)(O)C2C(=O)Nc2ccc(C)cc2C)cc1. The molecule has 3 aromatic rings. The Morgan fingerprint density at radius 3 is 1.93 bits per heavy atom. The van der Waals surface area contributed by atoms with Gasteiger partial charge < -0.3 is 20.5 Å². The summed E-state index contributed by atoms with van der Waals surface area (Å²) in [7, 11) is 0. The lowest BCUT2D eigenvalue weighted by molar-refractivity contribution is -0.150. The predicted molar refractivity (Wildman–Crippen MR) is 161 cm³/mol. The number of nitrogens with one attached hydrogen (secondary N) is 2. The molecule has 0 saturated heterocycles. The number of aliphatic hydroxyl groups is 1. The van der Waals surface area contributed by atoms with Gasteiger partial charge in [-0.25, -0.2) is 0 Å². The Balaban J connectivity index is 1.77. The van der Waals surface area contributed by atoms with Crippen LogP contribution in [0.3, 0.4) is 0 Å². The number of ketones is 1. The number of Topliss-reactive ketones (excluding diaryl/α,β-unsaturated/α-hetero) is 1. The summed E-state index contributed by atoms with van der Waals surface area (Å²) in [5.41, 5.74) is 3.99. The van der Waals surface area contributed by atoms with Crippen LogP contribution in [0, 0.1) is 39.5 Å². The molecule has 1 saturated carbocycles. The highest BCUT2D eigenvalue weighted by molar-refractivity contribution is 6.10. The topological polar surface area (TPSA) is 105 Å². The predicted octanol–water partition coefficient (Wildman–Crippen LogP) is 6.03. The minimum Gasteiger partial charge on any atom is -0.494 e. The zero-order chi connectivity index (χ0) is 29.9. The van der Waals surface area contributed by atoms with Crippen molar-refractivity contribution in [3.8, 4) is 5.75 Å². The molecule has 2 amide bonds. The first-order valence-electron chi connectivity index (χ1n) is 14.2. The second-order valence-electron chi connectivity index (χ2n) is 11.5. The molecule has 3 N–H and O–H groups in total. The fourth-order valence-electron chi connectivity index (χ4n) is 5.83. The Bertz CT molecular complexity index is 1440. The van der Waals surface area contributed by atoms with Crippen LogP contribution in [-0.2, 0) is 14.4 Å². The molecule has 3 aromatic carbocycles. The molecule has 0 spiro atoms. The number of anilines is 2. The maximum absolute atomic E-state index is 14.0. The van der Waals surface area contributed by atoms with Gasteiger partial charge in [0.2, 0.25) is 11.8 Å². The van der Waals surface area contributed by atoms with Gasteiger partial charge in [-0.1, -0.05) is 54.4 Å². The van der Waals surface area contributed by atoms with Crippen molar-refractivity contribution in [2.24, 2.45) is 11.8 Å². The third kappa shape index (κ3) is 6.68. The second kappa shape index (κ2) is 12.3. The van der Waals surface area contributed by atoms with Crippen LogP contribution >= 0.6 is 0 Å². The van der Waals surface area contributed by atoms with Gasteiger partial charge in [0.05, 0.1) is 18.1 Å². The molecule has 41 heavy (non-hydrogen) atoms. The van der Waals surface area contributed by atoms with Gasteiger partial charge in [-0.15, -0.1) is 0 Å². The van der Waals surface area contributed by atoms with Crippen LogP contribution < -0.4 is 15.4 Å². The Labute approximate surface area is 242 Å². The van der Waals surface area contributed by atoms with Gasteiger partial charge in [0, 0.05) is 23.7 Å². The first-order valence-corrected chi connectivity index (χ1v) is 14.2. The van der Waals surface area contributed by atoms with Crippen LogP contribution in [-0.4, -0.2) is 34.9 Å². The Morgan fingerprint density at radius 2 is 1.41 bits per heavy atom. The second-order valence-corrected chi connectivity index (χ2v) is 11.5. The Hall–Kier alpha value is -3.97. The molecule has 0 radical (unpaired) electrons. The molecule has 1 aliphatic rings. The smallest absolute Gasteiger partial charge is 0.235 e. The molecule has 0 bridgehead atoms. The fraction of sp³-hybridized carbons (Fsp3) is 0.382. The summed E-state index contributed by atoms with van der Waals surface area (Å²) in [4.78, 5) is 41.5. The van der Waals surface area contributed by atoms with Gasteiger partial charge in [-0.3, -0.25) is 14.4 Å². The minimum absolute atomic E-state index is 0.322. The van der Waals surface area contributed by atoms with Crippen molar-refractivity contribution < 1.29 is 24.2 Å². The van der Waals surface area contributed by atoms with E-state index in [-0.39, 0.29) is 6.42 Å². The van der Waals surface area contributed by atoms with E-state index in [1.165, 1.54) is 6.92 Å². The van der Waals surface area contributed by atoms with Crippen LogP contribution in [0.25, 0.3) is 0 Å². The molecule has 7 heteroatoms. The van der Waals surface area contributed by atoms with Gasteiger partial charge in [0.1, 0.15) is 17.5 Å². The number of hydrogen-bond donors (Lipinski definition) is 3. The molecule has 0 aromatic heterocycles. The van der Waals surface area contributed by atoms with Crippen LogP contribution in [0.2, 0.25) is 0 Å². The summed E-state index contributed by atoms with van der Waals surface area (Å²) >= 11 is 0. The maximum atomic E-state index is 14.0. The lowest BCUT2D eigenvalue weighted by atomic mass is 9.61. The van der Waals surface area contributed by atoms with Crippen molar-refractivity contribution in [3.05, 3.63) is 88.5 Å². The molecular formula is C34H40N2O5. The van der Waals surface area contributed by atoms with Gasteiger partial charge in [0.25, 0.3) is 0 Å². The maximum Gasteiger partial charge on any atom is 0.235 e. The lowest BCUT2D eigenvalue weighted by Gasteiger charge is -2.44. The Kier molecular flexibility index (Phi) is 8.98. The standard InChI is InChI=1S/C34H40N2O5/c1-7-16-41-25-12-10-24(11-13-25)29-30(32(38)35-26-14-8-20(2)17-22(26)4)28(37)19-34(6,40)31(29)33(39)36-27-15-9-21(3)18-23(27)5/h8-15,17-18,29-31,40H,7,16,19H2,1-6H3,(H,35,38)(H,36,39). The molecule has 7 nitrogen and oxygen atoms in total. The van der Waals surface area contributed by atoms with E-state index in [0.29, 0.717) is 29.3 Å². The van der Waals surface area contributed by atoms with Gasteiger partial charge >= 0.3 is 0 Å². The first-order chi connectivity index (χ1) is 19.4. The van der Waals surface area contributed by atoms with Gasteiger partial charge in [-0.05, 0) is 82.0 Å². The molecule has 4 atom stereocenters. The van der Waals surface area contributed by atoms with Crippen LogP contribution in [0.15, 0.2) is 60.7 Å². The van der Waals surface area contributed by atoms with Crippen molar-refractivity contribution in [1.82, 2.24) is 0 Å². The van der Waals surface area contributed by atoms with Crippen LogP contribution in [0.4, 0.5) is 11.4 Å². The number of carbonyl (C=O) groups is 3. The average molecular weight is 557 g/mol. The molecule has 0 heterocycles. The highest BCUT2D eigenvalue weighted by Crippen LogP contribution is 2.47. The van der Waals surface area contributed by atoms with E-state index in [4.69, 9.17) is 4.74 Å². The zero-order valence-corrected chi connectivity index (χ0v) is 24.7. The highest BCUT2D eigenvalue weighted by atomic mass is 16.5.